The first-order valence-electron chi connectivity index (χ1n) is 6.04. The minimum absolute atomic E-state index is 0.0594. The summed E-state index contributed by atoms with van der Waals surface area (Å²) in [7, 11) is 0. The zero-order valence-electron chi connectivity index (χ0n) is 10.8. The summed E-state index contributed by atoms with van der Waals surface area (Å²) < 4.78 is 5.04. The zero-order chi connectivity index (χ0) is 14.0. The Bertz CT molecular complexity index is 487. The van der Waals surface area contributed by atoms with Gasteiger partial charge >= 0.3 is 12.0 Å². The average molecular weight is 268 g/mol. The lowest BCUT2D eigenvalue weighted by Crippen LogP contribution is -2.38. The van der Waals surface area contributed by atoms with Crippen molar-refractivity contribution in [3.63, 3.8) is 0 Å². The Balaban J connectivity index is 1.88. The second-order valence-corrected chi connectivity index (χ2v) is 4.62. The van der Waals surface area contributed by atoms with Crippen molar-refractivity contribution in [2.75, 3.05) is 18.4 Å². The molecule has 1 aliphatic heterocycles. The van der Waals surface area contributed by atoms with Crippen LogP contribution in [0.3, 0.4) is 0 Å². The topological polar surface area (TPSA) is 109 Å². The molecule has 1 aliphatic rings. The van der Waals surface area contributed by atoms with Crippen molar-refractivity contribution in [1.29, 1.82) is 0 Å². The molecular formula is C11H16N4O4. The Kier molecular flexibility index (Phi) is 3.79. The van der Waals surface area contributed by atoms with E-state index in [1.165, 1.54) is 0 Å². The first-order valence-corrected chi connectivity index (χ1v) is 6.04. The summed E-state index contributed by atoms with van der Waals surface area (Å²) in [6.07, 6.45) is 0.559. The Morgan fingerprint density at radius 3 is 2.79 bits per heavy atom. The van der Waals surface area contributed by atoms with E-state index in [0.717, 1.165) is 0 Å². The first kappa shape index (κ1) is 13.5. The van der Waals surface area contributed by atoms with Crippen LogP contribution in [0.1, 0.15) is 19.2 Å². The van der Waals surface area contributed by atoms with Gasteiger partial charge < -0.3 is 9.52 Å². The molecule has 2 heterocycles. The number of aryl methyl sites for hydroxylation is 1. The average Bonchev–Trinajstić information content (AvgIpc) is 2.87. The fourth-order valence-corrected chi connectivity index (χ4v) is 2.25. The predicted octanol–water partition coefficient (Wildman–Crippen LogP) is 0.112. The standard InChI is InChI=1S/C11H16N4O4/c1-6-8(10(17)18)3-4-15(6)5-9(16)12-11-14-13-7(2)19-11/h6,8H,3-5H2,1-2H3,(H,17,18)(H,12,14,16). The zero-order valence-corrected chi connectivity index (χ0v) is 10.8. The molecule has 1 aromatic heterocycles. The van der Waals surface area contributed by atoms with Gasteiger partial charge in [0.1, 0.15) is 0 Å². The van der Waals surface area contributed by atoms with E-state index < -0.39 is 11.9 Å². The van der Waals surface area contributed by atoms with E-state index in [1.54, 1.807) is 6.92 Å². The maximum atomic E-state index is 11.8. The molecule has 1 saturated heterocycles. The van der Waals surface area contributed by atoms with Crippen LogP contribution in [0.25, 0.3) is 0 Å². The number of rotatable bonds is 4. The lowest BCUT2D eigenvalue weighted by molar-refractivity contribution is -0.142. The normalized spacial score (nSPS) is 23.5. The molecule has 0 spiro atoms. The summed E-state index contributed by atoms with van der Waals surface area (Å²) in [6, 6.07) is -0.100. The number of carbonyl (C=O) groups excluding carboxylic acids is 1. The minimum atomic E-state index is -0.817. The lowest BCUT2D eigenvalue weighted by atomic mass is 10.0. The van der Waals surface area contributed by atoms with E-state index in [2.05, 4.69) is 15.5 Å². The van der Waals surface area contributed by atoms with Gasteiger partial charge in [-0.3, -0.25) is 19.8 Å². The number of carboxylic acid groups (broad SMARTS) is 1. The van der Waals surface area contributed by atoms with Gasteiger partial charge in [0.05, 0.1) is 12.5 Å². The number of anilines is 1. The number of carboxylic acids is 1. The van der Waals surface area contributed by atoms with Crippen molar-refractivity contribution in [2.45, 2.75) is 26.3 Å². The van der Waals surface area contributed by atoms with E-state index in [0.29, 0.717) is 18.9 Å². The van der Waals surface area contributed by atoms with Gasteiger partial charge in [0.2, 0.25) is 11.8 Å². The van der Waals surface area contributed by atoms with Gasteiger partial charge in [-0.2, -0.15) is 0 Å². The number of likely N-dealkylation sites (tertiary alicyclic amines) is 1. The Morgan fingerprint density at radius 2 is 2.26 bits per heavy atom. The second-order valence-electron chi connectivity index (χ2n) is 4.62. The van der Waals surface area contributed by atoms with Crippen LogP contribution in [-0.2, 0) is 9.59 Å². The first-order chi connectivity index (χ1) is 8.97. The van der Waals surface area contributed by atoms with Crippen molar-refractivity contribution in [2.24, 2.45) is 5.92 Å². The molecule has 0 bridgehead atoms. The van der Waals surface area contributed by atoms with Crippen molar-refractivity contribution in [3.05, 3.63) is 5.89 Å². The molecule has 2 atom stereocenters. The number of nitrogens with zero attached hydrogens (tertiary/aromatic N) is 3. The number of aromatic nitrogens is 2. The van der Waals surface area contributed by atoms with E-state index in [-0.39, 0.29) is 24.5 Å². The fourth-order valence-electron chi connectivity index (χ4n) is 2.25. The molecule has 0 aliphatic carbocycles. The van der Waals surface area contributed by atoms with E-state index in [4.69, 9.17) is 9.52 Å². The summed E-state index contributed by atoms with van der Waals surface area (Å²) in [6.45, 7) is 4.15. The number of aliphatic carboxylic acids is 1. The number of hydrogen-bond acceptors (Lipinski definition) is 6. The fraction of sp³-hybridized carbons (Fsp3) is 0.636. The van der Waals surface area contributed by atoms with Crippen LogP contribution < -0.4 is 5.32 Å². The molecule has 0 saturated carbocycles. The molecule has 2 N–H and O–H groups in total. The van der Waals surface area contributed by atoms with Crippen molar-refractivity contribution in [3.8, 4) is 0 Å². The quantitative estimate of drug-likeness (QED) is 0.797. The highest BCUT2D eigenvalue weighted by molar-refractivity contribution is 5.90. The van der Waals surface area contributed by atoms with Gasteiger partial charge in [0.25, 0.3) is 0 Å². The summed E-state index contributed by atoms with van der Waals surface area (Å²) in [5, 5.41) is 18.8. The molecule has 2 unspecified atom stereocenters. The molecule has 8 heteroatoms. The molecule has 104 valence electrons. The van der Waals surface area contributed by atoms with Crippen LogP contribution in [-0.4, -0.2) is 51.2 Å². The van der Waals surface area contributed by atoms with Gasteiger partial charge in [-0.05, 0) is 19.9 Å². The summed E-state index contributed by atoms with van der Waals surface area (Å²) in [4.78, 5) is 24.6. The van der Waals surface area contributed by atoms with Gasteiger partial charge in [0.15, 0.2) is 0 Å². The van der Waals surface area contributed by atoms with Gasteiger partial charge in [-0.25, -0.2) is 0 Å². The molecule has 0 radical (unpaired) electrons. The predicted molar refractivity (Wildman–Crippen MR) is 64.4 cm³/mol. The Morgan fingerprint density at radius 1 is 1.53 bits per heavy atom. The van der Waals surface area contributed by atoms with Crippen LogP contribution in [0.2, 0.25) is 0 Å². The Hall–Kier alpha value is -1.96. The van der Waals surface area contributed by atoms with E-state index in [1.807, 2.05) is 11.8 Å². The molecule has 1 amide bonds. The van der Waals surface area contributed by atoms with Gasteiger partial charge in [0, 0.05) is 13.0 Å². The lowest BCUT2D eigenvalue weighted by Gasteiger charge is -2.21. The van der Waals surface area contributed by atoms with Crippen LogP contribution in [0.15, 0.2) is 4.42 Å². The maximum absolute atomic E-state index is 11.8. The van der Waals surface area contributed by atoms with E-state index in [9.17, 15) is 9.59 Å². The second kappa shape index (κ2) is 5.35. The summed E-state index contributed by atoms with van der Waals surface area (Å²) >= 11 is 0. The highest BCUT2D eigenvalue weighted by Crippen LogP contribution is 2.23. The molecule has 1 fully saturated rings. The van der Waals surface area contributed by atoms with Crippen molar-refractivity contribution in [1.82, 2.24) is 15.1 Å². The minimum Gasteiger partial charge on any atom is -0.481 e. The molecule has 19 heavy (non-hydrogen) atoms. The number of hydrogen-bond donors (Lipinski definition) is 2. The Labute approximate surface area is 109 Å². The number of nitrogens with one attached hydrogen (secondary N) is 1. The number of amides is 1. The van der Waals surface area contributed by atoms with Crippen molar-refractivity contribution >= 4 is 17.9 Å². The van der Waals surface area contributed by atoms with E-state index >= 15 is 0 Å². The van der Waals surface area contributed by atoms with Crippen LogP contribution >= 0.6 is 0 Å². The molecule has 8 nitrogen and oxygen atoms in total. The molecular weight excluding hydrogens is 252 g/mol. The highest BCUT2D eigenvalue weighted by Gasteiger charge is 2.36. The molecule has 1 aromatic rings. The third kappa shape index (κ3) is 3.08. The third-order valence-corrected chi connectivity index (χ3v) is 3.32. The maximum Gasteiger partial charge on any atom is 0.322 e. The molecule has 2 rings (SSSR count). The van der Waals surface area contributed by atoms with Crippen LogP contribution in [0, 0.1) is 12.8 Å². The summed E-state index contributed by atoms with van der Waals surface area (Å²) in [5.41, 5.74) is 0. The van der Waals surface area contributed by atoms with Gasteiger partial charge in [-0.1, -0.05) is 5.10 Å². The van der Waals surface area contributed by atoms with Crippen molar-refractivity contribution < 1.29 is 19.1 Å². The summed E-state index contributed by atoms with van der Waals surface area (Å²) in [5.74, 6) is -1.15. The van der Waals surface area contributed by atoms with Crippen LogP contribution in [0.4, 0.5) is 6.01 Å². The monoisotopic (exact) mass is 268 g/mol. The molecule has 0 aromatic carbocycles. The van der Waals surface area contributed by atoms with Crippen LogP contribution in [0.5, 0.6) is 0 Å². The smallest absolute Gasteiger partial charge is 0.322 e. The van der Waals surface area contributed by atoms with Gasteiger partial charge in [-0.15, -0.1) is 5.10 Å². The SMILES string of the molecule is Cc1nnc(NC(=O)CN2CCC(C(=O)O)C2C)o1. The number of carbonyl (C=O) groups is 2. The largest absolute Gasteiger partial charge is 0.481 e. The highest BCUT2D eigenvalue weighted by atomic mass is 16.4. The third-order valence-electron chi connectivity index (χ3n) is 3.32.